The molecular weight excluding hydrogens is 374 g/mol. The molecule has 3 aromatic rings. The van der Waals surface area contributed by atoms with E-state index in [0.717, 1.165) is 16.9 Å². The number of aromatic nitrogens is 1. The Morgan fingerprint density at radius 1 is 1.07 bits per heavy atom. The Kier molecular flexibility index (Phi) is 6.39. The van der Waals surface area contributed by atoms with E-state index in [2.05, 4.69) is 15.6 Å². The molecule has 0 aliphatic rings. The van der Waals surface area contributed by atoms with Crippen molar-refractivity contribution in [2.24, 2.45) is 0 Å². The van der Waals surface area contributed by atoms with Gasteiger partial charge in [-0.2, -0.15) is 0 Å². The summed E-state index contributed by atoms with van der Waals surface area (Å²) in [4.78, 5) is 28.1. The van der Waals surface area contributed by atoms with Crippen molar-refractivity contribution in [1.29, 1.82) is 0 Å². The number of rotatable bonds is 7. The minimum absolute atomic E-state index is 0.224. The third-order valence-corrected chi connectivity index (χ3v) is 4.71. The second-order valence-electron chi connectivity index (χ2n) is 6.04. The maximum Gasteiger partial charge on any atom is 0.271 e. The van der Waals surface area contributed by atoms with Gasteiger partial charge in [-0.05, 0) is 30.2 Å². The minimum Gasteiger partial charge on any atom is -0.494 e. The van der Waals surface area contributed by atoms with Crippen molar-refractivity contribution in [2.45, 2.75) is 19.9 Å². The van der Waals surface area contributed by atoms with Crippen LogP contribution >= 0.6 is 11.3 Å². The van der Waals surface area contributed by atoms with Crippen LogP contribution in [0.2, 0.25) is 0 Å². The molecule has 2 N–H and O–H groups in total. The van der Waals surface area contributed by atoms with Gasteiger partial charge in [-0.3, -0.25) is 9.59 Å². The van der Waals surface area contributed by atoms with Gasteiger partial charge in [0.15, 0.2) is 5.13 Å². The van der Waals surface area contributed by atoms with Crippen LogP contribution in [0.3, 0.4) is 0 Å². The third kappa shape index (κ3) is 4.95. The van der Waals surface area contributed by atoms with Crippen LogP contribution in [-0.2, 0) is 4.79 Å². The Morgan fingerprint density at radius 3 is 2.39 bits per heavy atom. The number of ether oxygens (including phenoxy) is 1. The van der Waals surface area contributed by atoms with Crippen molar-refractivity contribution < 1.29 is 14.3 Å². The van der Waals surface area contributed by atoms with Gasteiger partial charge >= 0.3 is 0 Å². The van der Waals surface area contributed by atoms with Crippen molar-refractivity contribution in [3.05, 3.63) is 76.8 Å². The topological polar surface area (TPSA) is 80.3 Å². The Morgan fingerprint density at radius 2 is 1.75 bits per heavy atom. The van der Waals surface area contributed by atoms with E-state index in [1.165, 1.54) is 18.3 Å². The highest BCUT2D eigenvalue weighted by Gasteiger charge is 2.20. The summed E-state index contributed by atoms with van der Waals surface area (Å²) in [5.41, 5.74) is 2.15. The highest BCUT2D eigenvalue weighted by atomic mass is 32.1. The van der Waals surface area contributed by atoms with Crippen LogP contribution in [0.15, 0.2) is 60.0 Å². The average Bonchev–Trinajstić information content (AvgIpc) is 3.15. The van der Waals surface area contributed by atoms with E-state index in [1.54, 1.807) is 5.38 Å². The average molecular weight is 395 g/mol. The number of benzene rings is 2. The van der Waals surface area contributed by atoms with Crippen molar-refractivity contribution in [2.75, 3.05) is 11.9 Å². The lowest BCUT2D eigenvalue weighted by molar-refractivity contribution is -0.114. The van der Waals surface area contributed by atoms with Crippen LogP contribution < -0.4 is 15.4 Å². The van der Waals surface area contributed by atoms with Crippen LogP contribution in [0.1, 0.15) is 41.5 Å². The molecule has 0 aliphatic heterocycles. The molecule has 1 unspecified atom stereocenters. The molecule has 144 valence electrons. The molecule has 2 aromatic carbocycles. The predicted octanol–water partition coefficient (Wildman–Crippen LogP) is 4.02. The standard InChI is InChI=1S/C21H21N3O3S/c1-3-27-17-11-9-16(10-12-17)19(15-7-5-4-6-8-15)24-20(26)18-13-28-21(23-18)22-14(2)25/h4-13,19H,3H2,1-2H3,(H,24,26)(H,22,23,25). The Balaban J connectivity index is 1.84. The summed E-state index contributed by atoms with van der Waals surface area (Å²) in [6.07, 6.45) is 0. The number of amides is 2. The van der Waals surface area contributed by atoms with Gasteiger partial charge in [0.25, 0.3) is 5.91 Å². The number of carbonyl (C=O) groups excluding carboxylic acids is 2. The SMILES string of the molecule is CCOc1ccc(C(NC(=O)c2csc(NC(C)=O)n2)c2ccccc2)cc1. The zero-order valence-corrected chi connectivity index (χ0v) is 16.5. The Hall–Kier alpha value is -3.19. The quantitative estimate of drug-likeness (QED) is 0.633. The van der Waals surface area contributed by atoms with Crippen LogP contribution in [0.5, 0.6) is 5.75 Å². The van der Waals surface area contributed by atoms with Gasteiger partial charge < -0.3 is 15.4 Å². The molecule has 1 heterocycles. The second kappa shape index (κ2) is 9.14. The van der Waals surface area contributed by atoms with Gasteiger partial charge in [0, 0.05) is 12.3 Å². The first-order chi connectivity index (χ1) is 13.6. The molecule has 0 radical (unpaired) electrons. The molecule has 1 aromatic heterocycles. The second-order valence-corrected chi connectivity index (χ2v) is 6.90. The predicted molar refractivity (Wildman–Crippen MR) is 110 cm³/mol. The van der Waals surface area contributed by atoms with E-state index in [9.17, 15) is 9.59 Å². The van der Waals surface area contributed by atoms with Gasteiger partial charge in [-0.1, -0.05) is 42.5 Å². The van der Waals surface area contributed by atoms with Gasteiger partial charge in [0.1, 0.15) is 11.4 Å². The summed E-state index contributed by atoms with van der Waals surface area (Å²) in [6, 6.07) is 17.0. The first-order valence-corrected chi connectivity index (χ1v) is 9.76. The fourth-order valence-electron chi connectivity index (χ4n) is 2.72. The maximum absolute atomic E-state index is 12.8. The molecule has 0 spiro atoms. The van der Waals surface area contributed by atoms with Gasteiger partial charge in [0.2, 0.25) is 5.91 Å². The number of thiazole rings is 1. The molecule has 28 heavy (non-hydrogen) atoms. The lowest BCUT2D eigenvalue weighted by Crippen LogP contribution is -2.29. The monoisotopic (exact) mass is 395 g/mol. The molecule has 3 rings (SSSR count). The molecule has 2 amide bonds. The smallest absolute Gasteiger partial charge is 0.271 e. The molecule has 6 nitrogen and oxygen atoms in total. The number of hydrogen-bond acceptors (Lipinski definition) is 5. The highest BCUT2D eigenvalue weighted by Crippen LogP contribution is 2.25. The normalized spacial score (nSPS) is 11.5. The summed E-state index contributed by atoms with van der Waals surface area (Å²) in [5.74, 6) is 0.247. The molecular formula is C21H21N3O3S. The zero-order valence-electron chi connectivity index (χ0n) is 15.6. The highest BCUT2D eigenvalue weighted by molar-refractivity contribution is 7.14. The van der Waals surface area contributed by atoms with E-state index in [4.69, 9.17) is 4.74 Å². The molecule has 0 saturated carbocycles. The van der Waals surface area contributed by atoms with E-state index < -0.39 is 0 Å². The van der Waals surface area contributed by atoms with Crippen molar-refractivity contribution in [1.82, 2.24) is 10.3 Å². The summed E-state index contributed by atoms with van der Waals surface area (Å²) >= 11 is 1.21. The van der Waals surface area contributed by atoms with Crippen LogP contribution in [0.4, 0.5) is 5.13 Å². The van der Waals surface area contributed by atoms with E-state index in [-0.39, 0.29) is 23.6 Å². The van der Waals surface area contributed by atoms with E-state index in [1.807, 2.05) is 61.5 Å². The lowest BCUT2D eigenvalue weighted by atomic mass is 9.98. The minimum atomic E-state index is -0.338. The number of nitrogens with one attached hydrogen (secondary N) is 2. The van der Waals surface area contributed by atoms with Crippen LogP contribution in [0, 0.1) is 0 Å². The summed E-state index contributed by atoms with van der Waals surface area (Å²) < 4.78 is 5.50. The number of nitrogens with zero attached hydrogens (tertiary/aromatic N) is 1. The molecule has 0 aliphatic carbocycles. The number of hydrogen-bond donors (Lipinski definition) is 2. The van der Waals surface area contributed by atoms with E-state index in [0.29, 0.717) is 11.7 Å². The fourth-order valence-corrected chi connectivity index (χ4v) is 3.46. The van der Waals surface area contributed by atoms with Crippen molar-refractivity contribution in [3.63, 3.8) is 0 Å². The molecule has 0 fully saturated rings. The van der Waals surface area contributed by atoms with Gasteiger partial charge in [-0.25, -0.2) is 4.98 Å². The van der Waals surface area contributed by atoms with Crippen LogP contribution in [0.25, 0.3) is 0 Å². The lowest BCUT2D eigenvalue weighted by Gasteiger charge is -2.20. The molecule has 0 saturated heterocycles. The molecule has 0 bridgehead atoms. The number of anilines is 1. The Bertz CT molecular complexity index is 939. The molecule has 1 atom stereocenters. The first kappa shape index (κ1) is 19.6. The zero-order chi connectivity index (χ0) is 19.9. The van der Waals surface area contributed by atoms with E-state index >= 15 is 0 Å². The van der Waals surface area contributed by atoms with Crippen LogP contribution in [-0.4, -0.2) is 23.4 Å². The van der Waals surface area contributed by atoms with Gasteiger partial charge in [-0.15, -0.1) is 11.3 Å². The first-order valence-electron chi connectivity index (χ1n) is 8.88. The third-order valence-electron chi connectivity index (χ3n) is 3.95. The summed E-state index contributed by atoms with van der Waals surface area (Å²) in [5, 5.41) is 7.65. The number of carbonyl (C=O) groups is 2. The summed E-state index contributed by atoms with van der Waals surface area (Å²) in [6.45, 7) is 3.93. The van der Waals surface area contributed by atoms with Gasteiger partial charge in [0.05, 0.1) is 12.6 Å². The maximum atomic E-state index is 12.8. The van der Waals surface area contributed by atoms with Crippen molar-refractivity contribution >= 4 is 28.3 Å². The molecule has 7 heteroatoms. The summed E-state index contributed by atoms with van der Waals surface area (Å²) in [7, 11) is 0. The Labute approximate surface area is 167 Å². The fraction of sp³-hybridized carbons (Fsp3) is 0.190. The van der Waals surface area contributed by atoms with Crippen molar-refractivity contribution in [3.8, 4) is 5.75 Å². The largest absolute Gasteiger partial charge is 0.494 e.